The molecular formula is C20H44OSi. The maximum absolute atomic E-state index is 6.47. The molecule has 1 atom stereocenters. The largest absolute Gasteiger partial charge is 0.414 e. The molecule has 1 unspecified atom stereocenters. The van der Waals surface area contributed by atoms with Crippen molar-refractivity contribution >= 4 is 8.32 Å². The first-order chi connectivity index (χ1) is 10.4. The summed E-state index contributed by atoms with van der Waals surface area (Å²) in [6.45, 7) is 14.0. The maximum atomic E-state index is 6.47. The van der Waals surface area contributed by atoms with Gasteiger partial charge < -0.3 is 4.43 Å². The first kappa shape index (κ1) is 22.2. The van der Waals surface area contributed by atoms with Gasteiger partial charge in [-0.3, -0.25) is 0 Å². The van der Waals surface area contributed by atoms with E-state index in [0.29, 0.717) is 11.6 Å². The average molecular weight is 329 g/mol. The molecule has 0 saturated carbocycles. The van der Waals surface area contributed by atoms with Gasteiger partial charge in [0.05, 0.1) is 0 Å². The summed E-state index contributed by atoms with van der Waals surface area (Å²) in [7, 11) is -1.46. The zero-order chi connectivity index (χ0) is 16.8. The molecule has 0 bridgehead atoms. The van der Waals surface area contributed by atoms with Crippen molar-refractivity contribution < 1.29 is 4.43 Å². The van der Waals surface area contributed by atoms with E-state index in [9.17, 15) is 0 Å². The van der Waals surface area contributed by atoms with E-state index < -0.39 is 8.32 Å². The van der Waals surface area contributed by atoms with Gasteiger partial charge in [0.15, 0.2) is 8.32 Å². The fraction of sp³-hybridized carbons (Fsp3) is 1.00. The molecule has 0 aliphatic carbocycles. The third kappa shape index (κ3) is 11.7. The molecule has 0 aliphatic heterocycles. The number of hydrogen-bond donors (Lipinski definition) is 0. The minimum atomic E-state index is -1.46. The van der Waals surface area contributed by atoms with Crippen molar-refractivity contribution in [3.8, 4) is 0 Å². The second kappa shape index (κ2) is 13.6. The standard InChI is InChI=1S/C20H44OSi/c1-7-9-10-11-12-13-14-15-16-17-18-20(8-2)21-22(5,6)19(3)4/h19-20H,7-18H2,1-6H3. The van der Waals surface area contributed by atoms with Crippen LogP contribution in [0.5, 0.6) is 0 Å². The van der Waals surface area contributed by atoms with Gasteiger partial charge in [-0.25, -0.2) is 0 Å². The Morgan fingerprint density at radius 3 is 1.59 bits per heavy atom. The van der Waals surface area contributed by atoms with Gasteiger partial charge in [0.25, 0.3) is 0 Å². The number of rotatable bonds is 15. The van der Waals surface area contributed by atoms with Crippen molar-refractivity contribution in [1.82, 2.24) is 0 Å². The summed E-state index contributed by atoms with van der Waals surface area (Å²) in [5.41, 5.74) is 0.717. The van der Waals surface area contributed by atoms with Crippen LogP contribution in [0.15, 0.2) is 0 Å². The van der Waals surface area contributed by atoms with Gasteiger partial charge in [-0.2, -0.15) is 0 Å². The van der Waals surface area contributed by atoms with E-state index in [1.165, 1.54) is 77.0 Å². The highest BCUT2D eigenvalue weighted by molar-refractivity contribution is 6.72. The highest BCUT2D eigenvalue weighted by Crippen LogP contribution is 2.25. The lowest BCUT2D eigenvalue weighted by Gasteiger charge is -2.32. The van der Waals surface area contributed by atoms with Crippen molar-refractivity contribution in [2.24, 2.45) is 0 Å². The van der Waals surface area contributed by atoms with E-state index in [0.717, 1.165) is 0 Å². The highest BCUT2D eigenvalue weighted by Gasteiger charge is 2.29. The van der Waals surface area contributed by atoms with Gasteiger partial charge in [-0.05, 0) is 31.5 Å². The van der Waals surface area contributed by atoms with Crippen molar-refractivity contribution in [2.45, 2.75) is 129 Å². The third-order valence-electron chi connectivity index (χ3n) is 5.20. The Kier molecular flexibility index (Phi) is 13.7. The molecule has 0 fully saturated rings. The topological polar surface area (TPSA) is 9.23 Å². The molecule has 0 N–H and O–H groups in total. The Labute approximate surface area is 142 Å². The van der Waals surface area contributed by atoms with Crippen LogP contribution in [-0.2, 0) is 4.43 Å². The number of unbranched alkanes of at least 4 members (excludes halogenated alkanes) is 9. The van der Waals surface area contributed by atoms with Gasteiger partial charge >= 0.3 is 0 Å². The fourth-order valence-corrected chi connectivity index (χ4v) is 4.19. The Hall–Kier alpha value is 0.177. The molecule has 1 nitrogen and oxygen atoms in total. The summed E-state index contributed by atoms with van der Waals surface area (Å²) >= 11 is 0. The van der Waals surface area contributed by atoms with Gasteiger partial charge in [-0.15, -0.1) is 0 Å². The molecule has 0 aromatic carbocycles. The molecule has 0 aliphatic rings. The zero-order valence-electron chi connectivity index (χ0n) is 16.5. The van der Waals surface area contributed by atoms with Crippen LogP contribution in [0.4, 0.5) is 0 Å². The summed E-state index contributed by atoms with van der Waals surface area (Å²) in [6, 6.07) is 0. The second-order valence-electron chi connectivity index (χ2n) is 7.88. The van der Waals surface area contributed by atoms with Crippen molar-refractivity contribution in [1.29, 1.82) is 0 Å². The Morgan fingerprint density at radius 2 is 1.18 bits per heavy atom. The van der Waals surface area contributed by atoms with Gasteiger partial charge in [0.2, 0.25) is 0 Å². The first-order valence-corrected chi connectivity index (χ1v) is 13.1. The lowest BCUT2D eigenvalue weighted by molar-refractivity contribution is 0.169. The summed E-state index contributed by atoms with van der Waals surface area (Å²) < 4.78 is 6.47. The van der Waals surface area contributed by atoms with Crippen LogP contribution < -0.4 is 0 Å². The van der Waals surface area contributed by atoms with Gasteiger partial charge in [-0.1, -0.05) is 91.9 Å². The van der Waals surface area contributed by atoms with E-state index in [2.05, 4.69) is 40.8 Å². The predicted octanol–water partition coefficient (Wildman–Crippen LogP) is 7.71. The first-order valence-electron chi connectivity index (χ1n) is 10.1. The van der Waals surface area contributed by atoms with Crippen LogP contribution in [0.25, 0.3) is 0 Å². The van der Waals surface area contributed by atoms with Gasteiger partial charge in [0.1, 0.15) is 0 Å². The van der Waals surface area contributed by atoms with Crippen LogP contribution in [0, 0.1) is 0 Å². The maximum Gasteiger partial charge on any atom is 0.189 e. The zero-order valence-corrected chi connectivity index (χ0v) is 17.5. The fourth-order valence-electron chi connectivity index (χ4n) is 2.77. The van der Waals surface area contributed by atoms with E-state index in [1.54, 1.807) is 0 Å². The summed E-state index contributed by atoms with van der Waals surface area (Å²) in [6.07, 6.45) is 17.2. The van der Waals surface area contributed by atoms with Crippen LogP contribution >= 0.6 is 0 Å². The van der Waals surface area contributed by atoms with Crippen molar-refractivity contribution in [2.75, 3.05) is 0 Å². The Bertz CT molecular complexity index is 238. The monoisotopic (exact) mass is 328 g/mol. The van der Waals surface area contributed by atoms with E-state index in [-0.39, 0.29) is 0 Å². The Balaban J connectivity index is 3.55. The molecule has 0 aromatic rings. The molecule has 134 valence electrons. The summed E-state index contributed by atoms with van der Waals surface area (Å²) in [5, 5.41) is 0. The molecule has 0 spiro atoms. The molecule has 0 heterocycles. The minimum Gasteiger partial charge on any atom is -0.414 e. The van der Waals surface area contributed by atoms with Crippen LogP contribution in [0.2, 0.25) is 18.6 Å². The van der Waals surface area contributed by atoms with E-state index in [4.69, 9.17) is 4.43 Å². The summed E-state index contributed by atoms with van der Waals surface area (Å²) in [5.74, 6) is 0. The van der Waals surface area contributed by atoms with Crippen molar-refractivity contribution in [3.63, 3.8) is 0 Å². The third-order valence-corrected chi connectivity index (χ3v) is 8.92. The average Bonchev–Trinajstić information content (AvgIpc) is 2.47. The van der Waals surface area contributed by atoms with Crippen LogP contribution in [-0.4, -0.2) is 14.4 Å². The molecule has 0 aromatic heterocycles. The number of hydrogen-bond acceptors (Lipinski definition) is 1. The van der Waals surface area contributed by atoms with Crippen LogP contribution in [0.3, 0.4) is 0 Å². The van der Waals surface area contributed by atoms with Crippen molar-refractivity contribution in [3.05, 3.63) is 0 Å². The lowest BCUT2D eigenvalue weighted by atomic mass is 10.0. The smallest absolute Gasteiger partial charge is 0.189 e. The molecule has 2 heteroatoms. The van der Waals surface area contributed by atoms with Crippen LogP contribution in [0.1, 0.15) is 105 Å². The Morgan fingerprint density at radius 1 is 0.727 bits per heavy atom. The predicted molar refractivity (Wildman–Crippen MR) is 104 cm³/mol. The molecule has 22 heavy (non-hydrogen) atoms. The molecule has 0 rings (SSSR count). The minimum absolute atomic E-state index is 0.512. The second-order valence-corrected chi connectivity index (χ2v) is 12.5. The lowest BCUT2D eigenvalue weighted by Crippen LogP contribution is -2.38. The molecule has 0 saturated heterocycles. The molecule has 0 radical (unpaired) electrons. The SMILES string of the molecule is CCCCCCCCCCCCC(CC)O[Si](C)(C)C(C)C. The molecule has 0 amide bonds. The highest BCUT2D eigenvalue weighted by atomic mass is 28.4. The van der Waals surface area contributed by atoms with E-state index >= 15 is 0 Å². The normalized spacial score (nSPS) is 13.8. The molecular weight excluding hydrogens is 284 g/mol. The summed E-state index contributed by atoms with van der Waals surface area (Å²) in [4.78, 5) is 0. The van der Waals surface area contributed by atoms with E-state index in [1.807, 2.05) is 0 Å². The quantitative estimate of drug-likeness (QED) is 0.221. The van der Waals surface area contributed by atoms with Gasteiger partial charge in [0, 0.05) is 6.10 Å².